The van der Waals surface area contributed by atoms with Gasteiger partial charge in [0.25, 0.3) is 0 Å². The van der Waals surface area contributed by atoms with Crippen molar-refractivity contribution in [1.29, 1.82) is 0 Å². The van der Waals surface area contributed by atoms with Gasteiger partial charge in [-0.2, -0.15) is 0 Å². The van der Waals surface area contributed by atoms with Crippen molar-refractivity contribution < 1.29 is 0 Å². The minimum absolute atomic E-state index is 0.932. The van der Waals surface area contributed by atoms with Crippen LogP contribution in [0.5, 0.6) is 0 Å². The van der Waals surface area contributed by atoms with E-state index >= 15 is 0 Å². The van der Waals surface area contributed by atoms with Crippen LogP contribution in [0.1, 0.15) is 13.8 Å². The zero-order valence-electron chi connectivity index (χ0n) is 8.85. The average Bonchev–Trinajstić information content (AvgIpc) is 2.05. The van der Waals surface area contributed by atoms with Crippen LogP contribution >= 0.6 is 11.8 Å². The summed E-state index contributed by atoms with van der Waals surface area (Å²) in [5.74, 6) is 0.932. The molecule has 1 N–H and O–H groups in total. The second-order valence-electron chi connectivity index (χ2n) is 2.89. The van der Waals surface area contributed by atoms with Crippen LogP contribution in [0.3, 0.4) is 0 Å². The minimum atomic E-state index is 0.932. The van der Waals surface area contributed by atoms with Crippen molar-refractivity contribution in [3.05, 3.63) is 23.9 Å². The molecule has 0 unspecified atom stereocenters. The van der Waals surface area contributed by atoms with E-state index in [0.717, 1.165) is 16.4 Å². The summed E-state index contributed by atoms with van der Waals surface area (Å²) in [6, 6.07) is 0. The van der Waals surface area contributed by atoms with Gasteiger partial charge in [0.05, 0.1) is 5.04 Å². The molecule has 0 atom stereocenters. The first-order valence-corrected chi connectivity index (χ1v) is 5.18. The largest absolute Gasteiger partial charge is 0.394 e. The number of nitrogens with zero attached hydrogens (tertiary/aromatic N) is 1. The second-order valence-corrected chi connectivity index (χ2v) is 3.85. The molecule has 0 spiro atoms. The maximum atomic E-state index is 4.21. The summed E-state index contributed by atoms with van der Waals surface area (Å²) in [5.41, 5.74) is 2.33. The molecule has 0 saturated heterocycles. The van der Waals surface area contributed by atoms with E-state index in [0.29, 0.717) is 0 Å². The number of thioether (sulfide) groups is 1. The topological polar surface area (TPSA) is 24.4 Å². The van der Waals surface area contributed by atoms with Crippen molar-refractivity contribution in [3.63, 3.8) is 0 Å². The van der Waals surface area contributed by atoms with Crippen LogP contribution in [0.4, 0.5) is 0 Å². The third-order valence-electron chi connectivity index (χ3n) is 1.36. The van der Waals surface area contributed by atoms with Crippen LogP contribution < -0.4 is 5.32 Å². The van der Waals surface area contributed by atoms with Gasteiger partial charge in [0.15, 0.2) is 0 Å². The predicted molar refractivity (Wildman–Crippen MR) is 63.4 cm³/mol. The summed E-state index contributed by atoms with van der Waals surface area (Å²) in [6.07, 6.45) is 1.95. The Labute approximate surface area is 85.2 Å². The third-order valence-corrected chi connectivity index (χ3v) is 2.77. The molecule has 0 rings (SSSR count). The first kappa shape index (κ1) is 12.3. The summed E-state index contributed by atoms with van der Waals surface area (Å²) in [6.45, 7) is 7.93. The van der Waals surface area contributed by atoms with E-state index < -0.39 is 0 Å². The Morgan fingerprint density at radius 1 is 1.54 bits per heavy atom. The van der Waals surface area contributed by atoms with Gasteiger partial charge in [0.1, 0.15) is 0 Å². The highest BCUT2D eigenvalue weighted by atomic mass is 32.2. The molecule has 0 aromatic heterocycles. The molecule has 74 valence electrons. The smallest absolute Gasteiger partial charge is 0.0947 e. The Morgan fingerprint density at radius 2 is 2.15 bits per heavy atom. The maximum absolute atomic E-state index is 4.21. The Morgan fingerprint density at radius 3 is 2.54 bits per heavy atom. The second kappa shape index (κ2) is 6.78. The van der Waals surface area contributed by atoms with Crippen LogP contribution in [0, 0.1) is 0 Å². The third kappa shape index (κ3) is 5.53. The predicted octanol–water partition coefficient (Wildman–Crippen LogP) is 2.45. The molecule has 3 heteroatoms. The molecule has 2 nitrogen and oxygen atoms in total. The molecular formula is C10H18N2S. The molecule has 0 heterocycles. The summed E-state index contributed by atoms with van der Waals surface area (Å²) in [5, 5.41) is 4.06. The maximum Gasteiger partial charge on any atom is 0.0947 e. The van der Waals surface area contributed by atoms with Crippen molar-refractivity contribution in [3.8, 4) is 0 Å². The Balaban J connectivity index is 4.20. The molecule has 0 amide bonds. The summed E-state index contributed by atoms with van der Waals surface area (Å²) in [4.78, 5) is 4.21. The van der Waals surface area contributed by atoms with E-state index in [2.05, 4.69) is 16.9 Å². The fraction of sp³-hybridized carbons (Fsp3) is 0.500. The van der Waals surface area contributed by atoms with E-state index in [-0.39, 0.29) is 0 Å². The van der Waals surface area contributed by atoms with Gasteiger partial charge >= 0.3 is 0 Å². The van der Waals surface area contributed by atoms with Gasteiger partial charge in [-0.15, -0.1) is 11.8 Å². The van der Waals surface area contributed by atoms with Crippen molar-refractivity contribution in [2.24, 2.45) is 4.99 Å². The van der Waals surface area contributed by atoms with Crippen molar-refractivity contribution in [2.75, 3.05) is 19.8 Å². The van der Waals surface area contributed by atoms with Crippen molar-refractivity contribution >= 4 is 16.8 Å². The van der Waals surface area contributed by atoms with Crippen LogP contribution in [0.2, 0.25) is 0 Å². The first-order chi connectivity index (χ1) is 6.11. The lowest BCUT2D eigenvalue weighted by Crippen LogP contribution is -2.02. The molecule has 0 aromatic rings. The Bertz CT molecular complexity index is 229. The van der Waals surface area contributed by atoms with E-state index in [9.17, 15) is 0 Å². The average molecular weight is 198 g/mol. The van der Waals surface area contributed by atoms with Crippen LogP contribution in [0.15, 0.2) is 28.9 Å². The lowest BCUT2D eigenvalue weighted by molar-refractivity contribution is 1.09. The van der Waals surface area contributed by atoms with Gasteiger partial charge in [0.2, 0.25) is 0 Å². The lowest BCUT2D eigenvalue weighted by atomic mass is 10.3. The molecule has 0 radical (unpaired) electrons. The molecule has 0 aliphatic heterocycles. The lowest BCUT2D eigenvalue weighted by Gasteiger charge is -2.05. The highest BCUT2D eigenvalue weighted by molar-refractivity contribution is 8.14. The number of aliphatic imine (C=N–C) groups is 1. The van der Waals surface area contributed by atoms with E-state index in [1.807, 2.05) is 34.1 Å². The monoisotopic (exact) mass is 198 g/mol. The van der Waals surface area contributed by atoms with E-state index in [4.69, 9.17) is 0 Å². The molecular weight excluding hydrogens is 180 g/mol. The molecule has 0 saturated carbocycles. The van der Waals surface area contributed by atoms with Gasteiger partial charge in [-0.3, -0.25) is 4.99 Å². The number of hydrogen-bond acceptors (Lipinski definition) is 3. The van der Waals surface area contributed by atoms with Crippen LogP contribution in [0.25, 0.3) is 0 Å². The first-order valence-electron chi connectivity index (χ1n) is 4.20. The molecule has 0 fully saturated rings. The summed E-state index contributed by atoms with van der Waals surface area (Å²) >= 11 is 1.72. The van der Waals surface area contributed by atoms with Crippen molar-refractivity contribution in [2.45, 2.75) is 13.8 Å². The van der Waals surface area contributed by atoms with Gasteiger partial charge < -0.3 is 5.32 Å². The normalized spacial score (nSPS) is 12.9. The standard InChI is InChI=1S/C10H18N2S/c1-8(2)7-13-10(12-5)9(3)6-11-4/h6,11H,1,7H2,2-5H3/b9-6-,12-10+. The number of hydrogen-bond donors (Lipinski definition) is 1. The zero-order chi connectivity index (χ0) is 10.3. The fourth-order valence-corrected chi connectivity index (χ4v) is 1.62. The van der Waals surface area contributed by atoms with Gasteiger partial charge in [-0.1, -0.05) is 12.2 Å². The zero-order valence-corrected chi connectivity index (χ0v) is 9.66. The summed E-state index contributed by atoms with van der Waals surface area (Å²) in [7, 11) is 3.70. The van der Waals surface area contributed by atoms with Crippen LogP contribution in [-0.2, 0) is 0 Å². The molecule has 13 heavy (non-hydrogen) atoms. The van der Waals surface area contributed by atoms with Crippen LogP contribution in [-0.4, -0.2) is 24.9 Å². The van der Waals surface area contributed by atoms with Crippen molar-refractivity contribution in [1.82, 2.24) is 5.32 Å². The van der Waals surface area contributed by atoms with E-state index in [1.165, 1.54) is 5.57 Å². The Hall–Kier alpha value is -0.700. The van der Waals surface area contributed by atoms with Gasteiger partial charge in [-0.25, -0.2) is 0 Å². The molecule has 0 bridgehead atoms. The highest BCUT2D eigenvalue weighted by Gasteiger charge is 2.01. The molecule has 0 aromatic carbocycles. The molecule has 0 aliphatic rings. The number of nitrogens with one attached hydrogen (secondary N) is 1. The van der Waals surface area contributed by atoms with E-state index in [1.54, 1.807) is 11.8 Å². The fourth-order valence-electron chi connectivity index (χ4n) is 0.825. The quantitative estimate of drug-likeness (QED) is 0.426. The Kier molecular flexibility index (Phi) is 6.41. The SMILES string of the molecule is C=C(C)CSC(=N/C)/C(C)=C\NC. The van der Waals surface area contributed by atoms with Gasteiger partial charge in [-0.05, 0) is 19.4 Å². The molecule has 0 aliphatic carbocycles. The highest BCUT2D eigenvalue weighted by Crippen LogP contribution is 2.14. The van der Waals surface area contributed by atoms with Gasteiger partial charge in [0, 0.05) is 26.0 Å². The number of rotatable bonds is 4. The minimum Gasteiger partial charge on any atom is -0.394 e. The summed E-state index contributed by atoms with van der Waals surface area (Å²) < 4.78 is 0.